The Balaban J connectivity index is 3.09. The molecule has 1 rings (SSSR count). The molecule has 5 atom stereocenters. The van der Waals surface area contributed by atoms with E-state index >= 15 is 0 Å². The van der Waals surface area contributed by atoms with Gasteiger partial charge in [-0.1, -0.05) is 64.4 Å². The molecule has 0 fully saturated rings. The third kappa shape index (κ3) is 10.3. The van der Waals surface area contributed by atoms with Gasteiger partial charge >= 0.3 is 5.97 Å². The summed E-state index contributed by atoms with van der Waals surface area (Å²) in [6.45, 7) is 7.73. The van der Waals surface area contributed by atoms with Gasteiger partial charge in [0.25, 0.3) is 0 Å². The van der Waals surface area contributed by atoms with Gasteiger partial charge in [-0.25, -0.2) is 4.79 Å². The van der Waals surface area contributed by atoms with Gasteiger partial charge in [-0.15, -0.1) is 0 Å². The molecule has 0 saturated heterocycles. The molecule has 0 saturated carbocycles. The summed E-state index contributed by atoms with van der Waals surface area (Å²) in [5.41, 5.74) is 12.3. The van der Waals surface area contributed by atoms with Crippen molar-refractivity contribution in [3.63, 3.8) is 0 Å². The molecule has 202 valence electrons. The molecule has 0 aromatic heterocycles. The van der Waals surface area contributed by atoms with Crippen molar-refractivity contribution >= 4 is 23.7 Å². The number of nitrogens with two attached hydrogens (primary N) is 2. The second kappa shape index (κ2) is 15.9. The second-order valence-electron chi connectivity index (χ2n) is 9.58. The van der Waals surface area contributed by atoms with Gasteiger partial charge in [-0.2, -0.15) is 0 Å². The highest BCUT2D eigenvalue weighted by Gasteiger charge is 2.33. The summed E-state index contributed by atoms with van der Waals surface area (Å²) in [6, 6.07) is 5.36. The van der Waals surface area contributed by atoms with Crippen LogP contribution in [0.1, 0.15) is 58.9 Å². The first-order chi connectivity index (χ1) is 17.0. The van der Waals surface area contributed by atoms with Gasteiger partial charge in [0.15, 0.2) is 0 Å². The van der Waals surface area contributed by atoms with E-state index in [0.717, 1.165) is 5.56 Å². The van der Waals surface area contributed by atoms with E-state index in [2.05, 4.69) is 16.0 Å². The SMILES string of the molecule is CCC(C)C(NC(=O)C(Cc1ccccc1)NC(=O)C(N)C(C)C)C(=O)NC(CCCCN)C(=O)O. The molecule has 0 bridgehead atoms. The molecule has 0 spiro atoms. The average Bonchev–Trinajstić information content (AvgIpc) is 2.85. The molecule has 0 radical (unpaired) electrons. The lowest BCUT2D eigenvalue weighted by molar-refractivity contribution is -0.143. The van der Waals surface area contributed by atoms with Crippen LogP contribution in [-0.4, -0.2) is 59.5 Å². The van der Waals surface area contributed by atoms with Crippen molar-refractivity contribution in [1.29, 1.82) is 0 Å². The zero-order valence-corrected chi connectivity index (χ0v) is 21.8. The first kappa shape index (κ1) is 31.1. The van der Waals surface area contributed by atoms with Crippen molar-refractivity contribution < 1.29 is 24.3 Å². The number of carboxylic acids is 1. The minimum Gasteiger partial charge on any atom is -0.480 e. The number of benzene rings is 1. The summed E-state index contributed by atoms with van der Waals surface area (Å²) < 4.78 is 0. The number of hydrogen-bond donors (Lipinski definition) is 6. The van der Waals surface area contributed by atoms with E-state index in [1.807, 2.05) is 51.1 Å². The van der Waals surface area contributed by atoms with Crippen LogP contribution < -0.4 is 27.4 Å². The summed E-state index contributed by atoms with van der Waals surface area (Å²) in [5, 5.41) is 17.6. The van der Waals surface area contributed by atoms with Gasteiger partial charge in [0.1, 0.15) is 18.1 Å². The molecule has 0 aliphatic heterocycles. The van der Waals surface area contributed by atoms with Gasteiger partial charge in [-0.3, -0.25) is 14.4 Å². The molecule has 0 heterocycles. The fraction of sp³-hybridized carbons (Fsp3) is 0.615. The van der Waals surface area contributed by atoms with Gasteiger partial charge in [-0.05, 0) is 43.2 Å². The number of rotatable bonds is 16. The predicted octanol–water partition coefficient (Wildman–Crippen LogP) is 0.927. The first-order valence-electron chi connectivity index (χ1n) is 12.6. The molecular weight excluding hydrogens is 462 g/mol. The van der Waals surface area contributed by atoms with Crippen LogP contribution in [-0.2, 0) is 25.6 Å². The van der Waals surface area contributed by atoms with E-state index in [-0.39, 0.29) is 24.7 Å². The van der Waals surface area contributed by atoms with Crippen LogP contribution in [0.25, 0.3) is 0 Å². The van der Waals surface area contributed by atoms with Crippen molar-refractivity contribution in [2.75, 3.05) is 6.54 Å². The van der Waals surface area contributed by atoms with Crippen molar-refractivity contribution in [2.24, 2.45) is 23.3 Å². The van der Waals surface area contributed by atoms with E-state index < -0.39 is 47.9 Å². The Hall–Kier alpha value is -2.98. The van der Waals surface area contributed by atoms with Gasteiger partial charge < -0.3 is 32.5 Å². The minimum atomic E-state index is -1.15. The van der Waals surface area contributed by atoms with E-state index in [9.17, 15) is 24.3 Å². The zero-order valence-electron chi connectivity index (χ0n) is 21.8. The lowest BCUT2D eigenvalue weighted by Gasteiger charge is -2.28. The van der Waals surface area contributed by atoms with Crippen LogP contribution in [0.4, 0.5) is 0 Å². The molecule has 1 aromatic rings. The second-order valence-corrected chi connectivity index (χ2v) is 9.58. The van der Waals surface area contributed by atoms with Crippen molar-refractivity contribution in [3.05, 3.63) is 35.9 Å². The standard InChI is InChI=1S/C26H43N5O5/c1-5-17(4)22(25(34)29-19(26(35)36)13-9-10-14-27)31-23(32)20(15-18-11-7-6-8-12-18)30-24(33)21(28)16(2)3/h6-8,11-12,16-17,19-22H,5,9-10,13-15,27-28H2,1-4H3,(H,29,34)(H,30,33)(H,31,32)(H,35,36). The smallest absolute Gasteiger partial charge is 0.326 e. The van der Waals surface area contributed by atoms with Gasteiger partial charge in [0, 0.05) is 6.42 Å². The van der Waals surface area contributed by atoms with E-state index in [0.29, 0.717) is 25.8 Å². The monoisotopic (exact) mass is 505 g/mol. The average molecular weight is 506 g/mol. The number of carboxylic acid groups (broad SMARTS) is 1. The van der Waals surface area contributed by atoms with Crippen LogP contribution in [0.2, 0.25) is 0 Å². The summed E-state index contributed by atoms with van der Waals surface area (Å²) >= 11 is 0. The van der Waals surface area contributed by atoms with Crippen molar-refractivity contribution in [3.8, 4) is 0 Å². The molecular formula is C26H43N5O5. The number of unbranched alkanes of at least 4 members (excludes halogenated alkanes) is 1. The number of nitrogens with one attached hydrogen (secondary N) is 3. The highest BCUT2D eigenvalue weighted by atomic mass is 16.4. The molecule has 10 heteroatoms. The van der Waals surface area contributed by atoms with Gasteiger partial charge in [0.2, 0.25) is 17.7 Å². The third-order valence-corrected chi connectivity index (χ3v) is 6.29. The summed E-state index contributed by atoms with van der Waals surface area (Å²) in [6.07, 6.45) is 2.20. The largest absolute Gasteiger partial charge is 0.480 e. The fourth-order valence-electron chi connectivity index (χ4n) is 3.60. The van der Waals surface area contributed by atoms with Crippen LogP contribution in [0.15, 0.2) is 30.3 Å². The maximum atomic E-state index is 13.4. The number of aliphatic carboxylic acids is 1. The Bertz CT molecular complexity index is 848. The van der Waals surface area contributed by atoms with Crippen LogP contribution >= 0.6 is 0 Å². The van der Waals surface area contributed by atoms with Gasteiger partial charge in [0.05, 0.1) is 6.04 Å². The highest BCUT2D eigenvalue weighted by Crippen LogP contribution is 2.12. The van der Waals surface area contributed by atoms with Crippen LogP contribution in [0, 0.1) is 11.8 Å². The number of amides is 3. The summed E-state index contributed by atoms with van der Waals surface area (Å²) in [5.74, 6) is -3.14. The minimum absolute atomic E-state index is 0.128. The third-order valence-electron chi connectivity index (χ3n) is 6.29. The van der Waals surface area contributed by atoms with E-state index in [1.165, 1.54) is 0 Å². The summed E-state index contributed by atoms with van der Waals surface area (Å²) in [4.78, 5) is 50.8. The van der Waals surface area contributed by atoms with E-state index in [4.69, 9.17) is 11.5 Å². The lowest BCUT2D eigenvalue weighted by atomic mass is 9.96. The van der Waals surface area contributed by atoms with E-state index in [1.54, 1.807) is 6.92 Å². The maximum Gasteiger partial charge on any atom is 0.326 e. The molecule has 8 N–H and O–H groups in total. The molecule has 3 amide bonds. The lowest BCUT2D eigenvalue weighted by Crippen LogP contribution is -2.59. The van der Waals surface area contributed by atoms with Crippen molar-refractivity contribution in [1.82, 2.24) is 16.0 Å². The van der Waals surface area contributed by atoms with Crippen molar-refractivity contribution in [2.45, 2.75) is 84.0 Å². The number of carbonyl (C=O) groups excluding carboxylic acids is 3. The Labute approximate surface area is 213 Å². The molecule has 10 nitrogen and oxygen atoms in total. The number of carbonyl (C=O) groups is 4. The fourth-order valence-corrected chi connectivity index (χ4v) is 3.60. The van der Waals surface area contributed by atoms with Crippen LogP contribution in [0.5, 0.6) is 0 Å². The molecule has 36 heavy (non-hydrogen) atoms. The first-order valence-corrected chi connectivity index (χ1v) is 12.6. The Kier molecular flexibility index (Phi) is 13.7. The maximum absolute atomic E-state index is 13.4. The molecule has 0 aliphatic rings. The normalized spacial score (nSPS) is 15.3. The highest BCUT2D eigenvalue weighted by molar-refractivity contribution is 5.94. The van der Waals surface area contributed by atoms with Crippen LogP contribution in [0.3, 0.4) is 0 Å². The predicted molar refractivity (Wildman–Crippen MR) is 139 cm³/mol. The molecule has 5 unspecified atom stereocenters. The molecule has 1 aromatic carbocycles. The Morgan fingerprint density at radius 1 is 0.889 bits per heavy atom. The zero-order chi connectivity index (χ0) is 27.3. The number of hydrogen-bond acceptors (Lipinski definition) is 6. The topological polar surface area (TPSA) is 177 Å². The summed E-state index contributed by atoms with van der Waals surface area (Å²) in [7, 11) is 0. The Morgan fingerprint density at radius 3 is 2.03 bits per heavy atom. The molecule has 0 aliphatic carbocycles. The quantitative estimate of drug-likeness (QED) is 0.181. The Morgan fingerprint density at radius 2 is 1.50 bits per heavy atom.